The molecule has 1 aliphatic heterocycles. The summed E-state index contributed by atoms with van der Waals surface area (Å²) in [6, 6.07) is -2.71. The summed E-state index contributed by atoms with van der Waals surface area (Å²) in [4.78, 5) is 109. The quantitative estimate of drug-likeness (QED) is 0.0187. The van der Waals surface area contributed by atoms with Crippen molar-refractivity contribution < 1.29 is 87.2 Å². The number of esters is 6. The van der Waals surface area contributed by atoms with Crippen LogP contribution in [0.2, 0.25) is 0 Å². The number of piperazine rings is 1. The maximum absolute atomic E-state index is 13.4. The largest absolute Gasteiger partial charge is 0.466 e. The summed E-state index contributed by atoms with van der Waals surface area (Å²) in [6.45, 7) is 17.1. The lowest BCUT2D eigenvalue weighted by Gasteiger charge is -2.29. The van der Waals surface area contributed by atoms with Crippen molar-refractivity contribution in [1.82, 2.24) is 20.4 Å². The van der Waals surface area contributed by atoms with Gasteiger partial charge in [-0.05, 0) is 49.4 Å². The molecule has 0 aromatic heterocycles. The second kappa shape index (κ2) is 63.8. The Morgan fingerprint density at radius 1 is 0.304 bits per heavy atom. The number of ether oxygens (including phenoxy) is 6. The zero-order valence-electron chi connectivity index (χ0n) is 65.4. The summed E-state index contributed by atoms with van der Waals surface area (Å²) in [5.74, 6) is -3.74. The predicted octanol–water partition coefficient (Wildman–Crippen LogP) is 13.3. The molecule has 1 aliphatic rings. The van der Waals surface area contributed by atoms with E-state index in [0.29, 0.717) is 23.7 Å². The molecular formula is C80H148N4O18. The van der Waals surface area contributed by atoms with Crippen LogP contribution in [-0.2, 0) is 66.8 Å². The van der Waals surface area contributed by atoms with Crippen LogP contribution < -0.4 is 10.6 Å². The van der Waals surface area contributed by atoms with Crippen molar-refractivity contribution in [2.45, 2.75) is 362 Å². The molecule has 6 atom stereocenters. The van der Waals surface area contributed by atoms with Crippen LogP contribution >= 0.6 is 0 Å². The Hall–Kier alpha value is -4.48. The van der Waals surface area contributed by atoms with Crippen LogP contribution in [0.4, 0.5) is 0 Å². The summed E-state index contributed by atoms with van der Waals surface area (Å²) in [5, 5.41) is 49.7. The molecule has 596 valence electrons. The van der Waals surface area contributed by atoms with E-state index in [4.69, 9.17) is 28.4 Å². The molecule has 1 fully saturated rings. The highest BCUT2D eigenvalue weighted by atomic mass is 16.6. The van der Waals surface area contributed by atoms with Crippen molar-refractivity contribution in [3.8, 4) is 0 Å². The van der Waals surface area contributed by atoms with Gasteiger partial charge in [-0.15, -0.1) is 0 Å². The predicted molar refractivity (Wildman–Crippen MR) is 400 cm³/mol. The summed E-state index contributed by atoms with van der Waals surface area (Å²) < 4.78 is 33.4. The van der Waals surface area contributed by atoms with E-state index < -0.39 is 97.0 Å². The molecule has 22 nitrogen and oxygen atoms in total. The zero-order chi connectivity index (χ0) is 75.4. The monoisotopic (exact) mass is 1450 g/mol. The van der Waals surface area contributed by atoms with Gasteiger partial charge in [0.1, 0.15) is 25.3 Å². The van der Waals surface area contributed by atoms with Crippen LogP contribution in [0.5, 0.6) is 0 Å². The highest BCUT2D eigenvalue weighted by Crippen LogP contribution is 2.26. The Morgan fingerprint density at radius 3 is 0.696 bits per heavy atom. The Bertz CT molecular complexity index is 1870. The zero-order valence-corrected chi connectivity index (χ0v) is 65.4. The molecule has 0 radical (unpaired) electrons. The molecule has 0 aromatic carbocycles. The van der Waals surface area contributed by atoms with Crippen molar-refractivity contribution >= 4 is 47.6 Å². The second-order valence-electron chi connectivity index (χ2n) is 29.4. The van der Waals surface area contributed by atoms with Crippen molar-refractivity contribution in [1.29, 1.82) is 0 Å². The Kier molecular flexibility index (Phi) is 59.7. The molecule has 102 heavy (non-hydrogen) atoms. The number of unbranched alkanes of at least 4 members (excludes halogenated alkanes) is 16. The van der Waals surface area contributed by atoms with E-state index in [2.05, 4.69) is 66.0 Å². The third-order valence-corrected chi connectivity index (χ3v) is 19.7. The van der Waals surface area contributed by atoms with E-state index in [-0.39, 0.29) is 105 Å². The summed E-state index contributed by atoms with van der Waals surface area (Å²) in [7, 11) is 0. The minimum absolute atomic E-state index is 0.0496. The van der Waals surface area contributed by atoms with Crippen molar-refractivity contribution in [2.75, 3.05) is 78.9 Å². The maximum Gasteiger partial charge on any atom is 0.308 e. The topological polar surface area (TPSA) is 303 Å². The molecule has 1 saturated heterocycles. The van der Waals surface area contributed by atoms with Gasteiger partial charge in [0.15, 0.2) is 0 Å². The fraction of sp³-hybridized carbons (Fsp3) is 0.900. The van der Waals surface area contributed by atoms with Crippen LogP contribution in [0, 0.1) is 23.7 Å². The average molecular weight is 1450 g/mol. The first kappa shape index (κ1) is 95.5. The van der Waals surface area contributed by atoms with Crippen LogP contribution in [0.25, 0.3) is 0 Å². The average Bonchev–Trinajstić information content (AvgIpc) is 0.835. The fourth-order valence-electron chi connectivity index (χ4n) is 13.5. The third-order valence-electron chi connectivity index (χ3n) is 19.7. The molecule has 0 saturated carbocycles. The maximum atomic E-state index is 13.4. The van der Waals surface area contributed by atoms with E-state index >= 15 is 0 Å². The Balaban J connectivity index is 3.04. The first-order chi connectivity index (χ1) is 49.2. The summed E-state index contributed by atoms with van der Waals surface area (Å²) in [5.41, 5.74) is 0. The number of nitrogens with zero attached hydrogens (tertiary/aromatic N) is 2. The molecule has 0 aromatic rings. The fourth-order valence-corrected chi connectivity index (χ4v) is 13.5. The van der Waals surface area contributed by atoms with Gasteiger partial charge in [0, 0.05) is 39.3 Å². The Morgan fingerprint density at radius 2 is 0.500 bits per heavy atom. The number of hydrogen-bond donors (Lipinski definition) is 6. The van der Waals surface area contributed by atoms with Crippen LogP contribution in [0.3, 0.4) is 0 Å². The molecule has 1 rings (SSSR count). The highest BCUT2D eigenvalue weighted by Gasteiger charge is 2.37. The summed E-state index contributed by atoms with van der Waals surface area (Å²) in [6.07, 6.45) is 31.3. The number of rotatable bonds is 70. The normalized spacial score (nSPS) is 15.2. The van der Waals surface area contributed by atoms with E-state index in [1.807, 2.05) is 0 Å². The first-order valence-corrected chi connectivity index (χ1v) is 40.9. The molecule has 2 amide bonds. The first-order valence-electron chi connectivity index (χ1n) is 40.9. The van der Waals surface area contributed by atoms with Gasteiger partial charge in [-0.25, -0.2) is 0 Å². The van der Waals surface area contributed by atoms with Gasteiger partial charge in [-0.2, -0.15) is 0 Å². The molecule has 0 bridgehead atoms. The van der Waals surface area contributed by atoms with Crippen LogP contribution in [0.1, 0.15) is 325 Å². The Labute approximate surface area is 616 Å². The minimum atomic E-state index is -1.35. The van der Waals surface area contributed by atoms with Crippen molar-refractivity contribution in [3.63, 3.8) is 0 Å². The van der Waals surface area contributed by atoms with Crippen molar-refractivity contribution in [2.24, 2.45) is 23.7 Å². The second-order valence-corrected chi connectivity index (χ2v) is 29.4. The van der Waals surface area contributed by atoms with Gasteiger partial charge >= 0.3 is 35.8 Å². The lowest BCUT2D eigenvalue weighted by molar-refractivity contribution is -0.151. The standard InChI is InChI=1S/C80H148N4O18/c1-9-17-25-33-63(34-26-18-10-2)41-47-97-73(89)53-67(85)59-83(60-68(86)54-74(90)98-48-42-64(35-27-19-11-3)36-28-20-12-4)45-51-101-77(93)57-71-79(95)82-72(80(96)81-71)58-78(94)102-52-46-84(61-69(87)55-75(91)99-49-43-65(37-29-21-13-5)38-30-22-14-6)62-70(88)56-76(92)100-50-44-66(39-31-23-15-7)40-32-24-16-8/h63-72,85-88H,9-62H2,1-8H3,(H,81,96)(H,82,95). The molecule has 22 heteroatoms. The number of hydrogen-bond acceptors (Lipinski definition) is 20. The number of carbonyl (C=O) groups is 8. The number of carbonyl (C=O) groups excluding carboxylic acids is 8. The molecule has 6 unspecified atom stereocenters. The van der Waals surface area contributed by atoms with Crippen LogP contribution in [0.15, 0.2) is 0 Å². The van der Waals surface area contributed by atoms with E-state index in [0.717, 1.165) is 231 Å². The van der Waals surface area contributed by atoms with E-state index in [9.17, 15) is 58.8 Å². The minimum Gasteiger partial charge on any atom is -0.466 e. The van der Waals surface area contributed by atoms with Crippen molar-refractivity contribution in [3.05, 3.63) is 0 Å². The molecule has 0 spiro atoms. The molecule has 0 aliphatic carbocycles. The van der Waals surface area contributed by atoms with Gasteiger partial charge in [0.2, 0.25) is 11.8 Å². The number of nitrogens with one attached hydrogen (secondary N) is 2. The van der Waals surface area contributed by atoms with Gasteiger partial charge in [0.25, 0.3) is 0 Å². The van der Waals surface area contributed by atoms with Gasteiger partial charge in [-0.1, -0.05) is 261 Å². The van der Waals surface area contributed by atoms with Gasteiger partial charge in [-0.3, -0.25) is 48.2 Å². The molecular weight excluding hydrogens is 1300 g/mol. The number of aliphatic hydroxyl groups is 4. The number of aliphatic hydroxyl groups excluding tert-OH is 4. The van der Waals surface area contributed by atoms with Gasteiger partial charge < -0.3 is 59.5 Å². The lowest BCUT2D eigenvalue weighted by Crippen LogP contribution is -2.62. The van der Waals surface area contributed by atoms with Gasteiger partial charge in [0.05, 0.1) is 89.4 Å². The third kappa shape index (κ3) is 52.5. The SMILES string of the molecule is CCCCCC(CCCCC)CCOC(=O)CC(O)CN(CCOC(=O)CC1NC(=O)C(CC(=O)OCCN(CC(O)CC(=O)OCCC(CCCCC)CCCCC)CC(O)CC(=O)OCCC(CCCCC)CCCCC)NC1=O)CC(O)CC(=O)OCCC(CCCCC)CCCCC. The summed E-state index contributed by atoms with van der Waals surface area (Å²) >= 11 is 0. The van der Waals surface area contributed by atoms with Crippen LogP contribution in [-0.4, -0.2) is 193 Å². The lowest BCUT2D eigenvalue weighted by atomic mass is 9.92. The molecule has 6 N–H and O–H groups in total. The van der Waals surface area contributed by atoms with E-state index in [1.165, 1.54) is 0 Å². The molecule has 1 heterocycles. The number of amides is 2. The smallest absolute Gasteiger partial charge is 0.308 e. The van der Waals surface area contributed by atoms with E-state index in [1.54, 1.807) is 9.80 Å². The highest BCUT2D eigenvalue weighted by molar-refractivity contribution is 6.00.